The molecule has 1 unspecified atom stereocenters. The largest absolute Gasteiger partial charge is 0.573 e. The van der Waals surface area contributed by atoms with Crippen molar-refractivity contribution < 1.29 is 26.7 Å². The van der Waals surface area contributed by atoms with E-state index in [2.05, 4.69) is 11.7 Å². The lowest BCUT2D eigenvalue weighted by atomic mass is 9.75. The van der Waals surface area contributed by atoms with E-state index in [1.807, 2.05) is 0 Å². The number of hydrogen-bond acceptors (Lipinski definition) is 1. The molecule has 0 saturated heterocycles. The van der Waals surface area contributed by atoms with Crippen molar-refractivity contribution in [3.8, 4) is 5.75 Å². The Morgan fingerprint density at radius 1 is 0.829 bits per heavy atom. The van der Waals surface area contributed by atoms with E-state index < -0.39 is 18.0 Å². The Kier molecular flexibility index (Phi) is 8.38. The average Bonchev–Trinajstić information content (AvgIpc) is 2.81. The van der Waals surface area contributed by atoms with Gasteiger partial charge in [0, 0.05) is 5.56 Å². The van der Waals surface area contributed by atoms with Gasteiger partial charge in [0.1, 0.15) is 17.4 Å². The molecule has 192 valence electrons. The third-order valence-electron chi connectivity index (χ3n) is 7.93. The normalized spacial score (nSPS) is 22.6. The van der Waals surface area contributed by atoms with E-state index in [4.69, 9.17) is 0 Å². The Balaban J connectivity index is 1.39. The molecule has 4 rings (SSSR count). The van der Waals surface area contributed by atoms with Gasteiger partial charge in [-0.05, 0) is 104 Å². The molecule has 0 N–H and O–H groups in total. The van der Waals surface area contributed by atoms with Crippen molar-refractivity contribution in [2.24, 2.45) is 5.92 Å². The maximum Gasteiger partial charge on any atom is 0.573 e. The van der Waals surface area contributed by atoms with E-state index in [0.717, 1.165) is 48.3 Å². The summed E-state index contributed by atoms with van der Waals surface area (Å²) in [5.74, 6) is -0.628. The number of fused-ring (bicyclic) bond motifs is 1. The molecule has 0 heterocycles. The Bertz CT molecular complexity index is 968. The summed E-state index contributed by atoms with van der Waals surface area (Å²) in [6.45, 7) is 2.22. The fourth-order valence-electron chi connectivity index (χ4n) is 6.05. The third-order valence-corrected chi connectivity index (χ3v) is 7.93. The van der Waals surface area contributed by atoms with Gasteiger partial charge in [-0.15, -0.1) is 13.2 Å². The van der Waals surface area contributed by atoms with Crippen LogP contribution in [-0.2, 0) is 12.8 Å². The van der Waals surface area contributed by atoms with E-state index >= 15 is 8.78 Å². The van der Waals surface area contributed by atoms with Crippen LogP contribution < -0.4 is 4.74 Å². The van der Waals surface area contributed by atoms with Crippen LogP contribution in [0.3, 0.4) is 0 Å². The first-order valence-electron chi connectivity index (χ1n) is 13.1. The molecule has 1 nitrogen and oxygen atoms in total. The first kappa shape index (κ1) is 26.0. The summed E-state index contributed by atoms with van der Waals surface area (Å²) in [4.78, 5) is 0. The number of benzene rings is 2. The molecule has 0 amide bonds. The van der Waals surface area contributed by atoms with Crippen molar-refractivity contribution in [3.05, 3.63) is 64.2 Å². The molecule has 6 heteroatoms. The molecule has 2 aromatic carbocycles. The van der Waals surface area contributed by atoms with E-state index in [9.17, 15) is 13.2 Å². The highest BCUT2D eigenvalue weighted by Gasteiger charge is 2.32. The molecule has 1 atom stereocenters. The van der Waals surface area contributed by atoms with Crippen molar-refractivity contribution in [1.82, 2.24) is 0 Å². The van der Waals surface area contributed by atoms with Crippen molar-refractivity contribution >= 4 is 0 Å². The molecule has 2 aliphatic rings. The topological polar surface area (TPSA) is 9.23 Å². The minimum absolute atomic E-state index is 0.111. The molecule has 0 spiro atoms. The van der Waals surface area contributed by atoms with E-state index in [1.165, 1.54) is 56.4 Å². The fraction of sp³-hybridized carbons (Fsp3) is 0.586. The zero-order valence-corrected chi connectivity index (χ0v) is 20.4. The molecular weight excluding hydrogens is 459 g/mol. The van der Waals surface area contributed by atoms with Crippen molar-refractivity contribution in [2.75, 3.05) is 0 Å². The highest BCUT2D eigenvalue weighted by Crippen LogP contribution is 2.41. The summed E-state index contributed by atoms with van der Waals surface area (Å²) in [5.41, 5.74) is 2.43. The summed E-state index contributed by atoms with van der Waals surface area (Å²) in [6, 6.07) is 7.29. The molecule has 1 saturated carbocycles. The Morgan fingerprint density at radius 2 is 1.54 bits per heavy atom. The van der Waals surface area contributed by atoms with Crippen LogP contribution in [0.25, 0.3) is 0 Å². The van der Waals surface area contributed by atoms with Gasteiger partial charge in [-0.2, -0.15) is 0 Å². The van der Waals surface area contributed by atoms with Gasteiger partial charge in [0.2, 0.25) is 0 Å². The van der Waals surface area contributed by atoms with E-state index in [-0.39, 0.29) is 23.1 Å². The van der Waals surface area contributed by atoms with E-state index in [0.29, 0.717) is 19.3 Å². The molecule has 35 heavy (non-hydrogen) atoms. The molecule has 0 aromatic heterocycles. The zero-order valence-electron chi connectivity index (χ0n) is 20.4. The van der Waals surface area contributed by atoms with Gasteiger partial charge in [0.25, 0.3) is 0 Å². The summed E-state index contributed by atoms with van der Waals surface area (Å²) in [7, 11) is 0. The van der Waals surface area contributed by atoms with Crippen LogP contribution >= 0.6 is 0 Å². The lowest BCUT2D eigenvalue weighted by Gasteiger charge is -2.30. The minimum Gasteiger partial charge on any atom is -0.406 e. The standard InChI is InChI=1S/C29H35F5O/c1-2-3-4-5-6-19-7-9-20(10-8-19)24-17-26(30)28(27(31)18-24)23-12-11-22-16-25(35-29(32,33)34)14-13-21(22)15-23/h13-14,16-20,23H,2-12,15H2,1H3. The van der Waals surface area contributed by atoms with Gasteiger partial charge >= 0.3 is 6.36 Å². The zero-order chi connectivity index (χ0) is 25.0. The highest BCUT2D eigenvalue weighted by atomic mass is 19.4. The van der Waals surface area contributed by atoms with Crippen molar-refractivity contribution in [2.45, 2.75) is 102 Å². The predicted molar refractivity (Wildman–Crippen MR) is 128 cm³/mol. The van der Waals surface area contributed by atoms with Gasteiger partial charge in [0.15, 0.2) is 0 Å². The number of aryl methyl sites for hydroxylation is 1. The van der Waals surface area contributed by atoms with Gasteiger partial charge in [-0.1, -0.05) is 45.1 Å². The van der Waals surface area contributed by atoms with Gasteiger partial charge < -0.3 is 4.74 Å². The van der Waals surface area contributed by atoms with Crippen LogP contribution in [0.5, 0.6) is 5.75 Å². The van der Waals surface area contributed by atoms with Crippen LogP contribution in [-0.4, -0.2) is 6.36 Å². The fourth-order valence-corrected chi connectivity index (χ4v) is 6.05. The second-order valence-corrected chi connectivity index (χ2v) is 10.4. The number of unbranched alkanes of at least 4 members (excludes halogenated alkanes) is 3. The summed E-state index contributed by atoms with van der Waals surface area (Å²) in [5, 5.41) is 0. The van der Waals surface area contributed by atoms with Gasteiger partial charge in [0.05, 0.1) is 0 Å². The lowest BCUT2D eigenvalue weighted by molar-refractivity contribution is -0.274. The summed E-state index contributed by atoms with van der Waals surface area (Å²) < 4.78 is 71.9. The molecule has 1 fully saturated rings. The number of hydrogen-bond donors (Lipinski definition) is 0. The SMILES string of the molecule is CCCCCCC1CCC(c2cc(F)c(C3CCc4cc(OC(F)(F)F)ccc4C3)c(F)c2)CC1. The second-order valence-electron chi connectivity index (χ2n) is 10.4. The van der Waals surface area contributed by atoms with Crippen LogP contribution in [0.4, 0.5) is 22.0 Å². The number of ether oxygens (including phenoxy) is 1. The Hall–Kier alpha value is -2.11. The maximum atomic E-state index is 15.2. The highest BCUT2D eigenvalue weighted by molar-refractivity contribution is 5.41. The number of rotatable bonds is 8. The number of halogens is 5. The summed E-state index contributed by atoms with van der Waals surface area (Å²) >= 11 is 0. The van der Waals surface area contributed by atoms with E-state index in [1.54, 1.807) is 6.07 Å². The molecule has 0 aliphatic heterocycles. The molecule has 2 aromatic rings. The van der Waals surface area contributed by atoms with Gasteiger partial charge in [-0.3, -0.25) is 0 Å². The first-order chi connectivity index (χ1) is 16.7. The number of alkyl halides is 3. The minimum atomic E-state index is -4.74. The van der Waals surface area contributed by atoms with Gasteiger partial charge in [-0.25, -0.2) is 8.78 Å². The second kappa shape index (κ2) is 11.3. The molecule has 2 aliphatic carbocycles. The van der Waals surface area contributed by atoms with Crippen LogP contribution in [0.1, 0.15) is 105 Å². The van der Waals surface area contributed by atoms with Crippen LogP contribution in [0.2, 0.25) is 0 Å². The summed E-state index contributed by atoms with van der Waals surface area (Å²) in [6.07, 6.45) is 7.19. The molecular formula is C29H35F5O. The molecule has 0 bridgehead atoms. The monoisotopic (exact) mass is 494 g/mol. The maximum absolute atomic E-state index is 15.2. The Labute approximate surface area is 205 Å². The molecule has 0 radical (unpaired) electrons. The van der Waals surface area contributed by atoms with Crippen LogP contribution in [0, 0.1) is 17.6 Å². The van der Waals surface area contributed by atoms with Crippen molar-refractivity contribution in [1.29, 1.82) is 0 Å². The Morgan fingerprint density at radius 3 is 2.20 bits per heavy atom. The predicted octanol–water partition coefficient (Wildman–Crippen LogP) is 9.38. The lowest BCUT2D eigenvalue weighted by Crippen LogP contribution is -2.19. The van der Waals surface area contributed by atoms with Crippen molar-refractivity contribution in [3.63, 3.8) is 0 Å². The smallest absolute Gasteiger partial charge is 0.406 e. The average molecular weight is 495 g/mol. The third kappa shape index (κ3) is 6.77. The van der Waals surface area contributed by atoms with Crippen LogP contribution in [0.15, 0.2) is 30.3 Å². The quantitative estimate of drug-likeness (QED) is 0.262. The first-order valence-corrected chi connectivity index (χ1v) is 13.1.